The van der Waals surface area contributed by atoms with E-state index in [1.54, 1.807) is 48.2 Å². The van der Waals surface area contributed by atoms with E-state index in [-0.39, 0.29) is 12.6 Å². The molecule has 208 valence electrons. The molecule has 0 fully saturated rings. The lowest BCUT2D eigenvalue weighted by Crippen LogP contribution is -2.48. The first-order valence-corrected chi connectivity index (χ1v) is 13.8. The molecule has 1 aliphatic rings. The monoisotopic (exact) mass is 580 g/mol. The number of benzene rings is 3. The number of carbonyl (C=O) groups is 3. The topological polar surface area (TPSA) is 99.8 Å². The third kappa shape index (κ3) is 6.76. The van der Waals surface area contributed by atoms with Crippen molar-refractivity contribution >= 4 is 58.3 Å². The molecule has 40 heavy (non-hydrogen) atoms. The predicted octanol–water partition coefficient (Wildman–Crippen LogP) is 7.48. The third-order valence-corrected chi connectivity index (χ3v) is 6.81. The Balaban J connectivity index is 1.72. The van der Waals surface area contributed by atoms with Crippen LogP contribution in [0.5, 0.6) is 0 Å². The fraction of sp³-hybridized carbons (Fsp3) is 0.233. The molecule has 1 atom stereocenters. The summed E-state index contributed by atoms with van der Waals surface area (Å²) in [6.45, 7) is 4.40. The normalized spacial score (nSPS) is 14.9. The molecular weight excluding hydrogens is 551 g/mol. The number of nitrogens with one attached hydrogen (secondary N) is 3. The molecule has 3 aromatic rings. The molecule has 0 aromatic heterocycles. The molecule has 0 saturated heterocycles. The summed E-state index contributed by atoms with van der Waals surface area (Å²) in [6.07, 6.45) is 1.64. The summed E-state index contributed by atoms with van der Waals surface area (Å²) >= 11 is 12.1. The molecule has 1 aliphatic heterocycles. The number of rotatable bonds is 9. The van der Waals surface area contributed by atoms with Crippen LogP contribution in [-0.4, -0.2) is 36.1 Å². The van der Waals surface area contributed by atoms with E-state index in [1.807, 2.05) is 37.3 Å². The Kier molecular flexibility index (Phi) is 9.69. The SMILES string of the molecule is CCCCN1C(=O)N[C@@H](c2cccc(NC(=O)Nc3ccc(Cl)cc3Cl)c2)C(C(=O)OCC)=C1c1ccccc1. The second kappa shape index (κ2) is 13.4. The Labute approximate surface area is 243 Å². The van der Waals surface area contributed by atoms with Crippen molar-refractivity contribution in [3.8, 4) is 0 Å². The minimum absolute atomic E-state index is 0.176. The Morgan fingerprint density at radius 1 is 0.975 bits per heavy atom. The highest BCUT2D eigenvalue weighted by atomic mass is 35.5. The number of ether oxygens (including phenoxy) is 1. The van der Waals surface area contributed by atoms with Gasteiger partial charge in [0.05, 0.1) is 34.6 Å². The number of esters is 1. The van der Waals surface area contributed by atoms with Gasteiger partial charge in [-0.05, 0) is 54.8 Å². The highest BCUT2D eigenvalue weighted by molar-refractivity contribution is 6.36. The number of nitrogens with zero attached hydrogens (tertiary/aromatic N) is 1. The minimum Gasteiger partial charge on any atom is -0.463 e. The van der Waals surface area contributed by atoms with Gasteiger partial charge in [-0.1, -0.05) is 79.0 Å². The fourth-order valence-electron chi connectivity index (χ4n) is 4.44. The van der Waals surface area contributed by atoms with Crippen molar-refractivity contribution in [3.63, 3.8) is 0 Å². The standard InChI is InChI=1S/C30H30Cl2N4O4/c1-3-5-16-36-27(19-10-7-6-8-11-19)25(28(37)40-4-2)26(35-30(36)39)20-12-9-13-22(17-20)33-29(38)34-24-15-14-21(31)18-23(24)32/h6-15,17-18,26H,3-5,16H2,1-2H3,(H,35,39)(H2,33,34,38)/t26-/m0/s1. The van der Waals surface area contributed by atoms with E-state index in [0.29, 0.717) is 44.8 Å². The predicted molar refractivity (Wildman–Crippen MR) is 158 cm³/mol. The molecule has 3 aromatic carbocycles. The number of unbranched alkanes of at least 4 members (excludes halogenated alkanes) is 1. The summed E-state index contributed by atoms with van der Waals surface area (Å²) in [7, 11) is 0. The molecule has 8 nitrogen and oxygen atoms in total. The Morgan fingerprint density at radius 3 is 2.45 bits per heavy atom. The van der Waals surface area contributed by atoms with Gasteiger partial charge < -0.3 is 20.7 Å². The summed E-state index contributed by atoms with van der Waals surface area (Å²) in [5.41, 5.74) is 3.00. The second-order valence-corrected chi connectivity index (χ2v) is 9.91. The van der Waals surface area contributed by atoms with E-state index >= 15 is 0 Å². The van der Waals surface area contributed by atoms with Gasteiger partial charge in [0.15, 0.2) is 0 Å². The van der Waals surface area contributed by atoms with Crippen LogP contribution in [-0.2, 0) is 9.53 Å². The Morgan fingerprint density at radius 2 is 1.75 bits per heavy atom. The average Bonchev–Trinajstić information content (AvgIpc) is 2.94. The van der Waals surface area contributed by atoms with E-state index in [9.17, 15) is 14.4 Å². The molecule has 0 spiro atoms. The molecular formula is C30H30Cl2N4O4. The summed E-state index contributed by atoms with van der Waals surface area (Å²) in [5.74, 6) is -0.527. The highest BCUT2D eigenvalue weighted by Gasteiger charge is 2.38. The molecule has 0 bridgehead atoms. The molecule has 0 aliphatic carbocycles. The maximum absolute atomic E-state index is 13.5. The zero-order valence-electron chi connectivity index (χ0n) is 22.2. The van der Waals surface area contributed by atoms with Crippen LogP contribution in [0.25, 0.3) is 5.70 Å². The number of urea groups is 2. The van der Waals surface area contributed by atoms with Crippen molar-refractivity contribution in [1.29, 1.82) is 0 Å². The van der Waals surface area contributed by atoms with Crippen molar-refractivity contribution in [3.05, 3.63) is 99.5 Å². The molecule has 3 N–H and O–H groups in total. The van der Waals surface area contributed by atoms with E-state index in [4.69, 9.17) is 27.9 Å². The van der Waals surface area contributed by atoms with Crippen LogP contribution in [0, 0.1) is 0 Å². The van der Waals surface area contributed by atoms with Crippen molar-refractivity contribution in [2.45, 2.75) is 32.7 Å². The first-order chi connectivity index (χ1) is 19.3. The first kappa shape index (κ1) is 29.0. The summed E-state index contributed by atoms with van der Waals surface area (Å²) in [5, 5.41) is 9.20. The van der Waals surface area contributed by atoms with Crippen LogP contribution in [0.3, 0.4) is 0 Å². The van der Waals surface area contributed by atoms with Gasteiger partial charge in [0.2, 0.25) is 0 Å². The lowest BCUT2D eigenvalue weighted by Gasteiger charge is -2.37. The van der Waals surface area contributed by atoms with Crippen molar-refractivity contribution in [2.75, 3.05) is 23.8 Å². The number of amides is 4. The van der Waals surface area contributed by atoms with Gasteiger partial charge in [-0.15, -0.1) is 0 Å². The minimum atomic E-state index is -0.810. The van der Waals surface area contributed by atoms with E-state index in [0.717, 1.165) is 18.4 Å². The largest absolute Gasteiger partial charge is 0.463 e. The second-order valence-electron chi connectivity index (χ2n) is 9.07. The van der Waals surface area contributed by atoms with Gasteiger partial charge in [0, 0.05) is 17.3 Å². The number of halogens is 2. The summed E-state index contributed by atoms with van der Waals surface area (Å²) in [6, 6.07) is 19.4. The zero-order valence-corrected chi connectivity index (χ0v) is 23.7. The van der Waals surface area contributed by atoms with E-state index in [2.05, 4.69) is 16.0 Å². The van der Waals surface area contributed by atoms with Gasteiger partial charge in [-0.2, -0.15) is 0 Å². The number of hydrogen-bond acceptors (Lipinski definition) is 4. The Bertz CT molecular complexity index is 1430. The maximum Gasteiger partial charge on any atom is 0.338 e. The number of hydrogen-bond donors (Lipinski definition) is 3. The van der Waals surface area contributed by atoms with Gasteiger partial charge in [-0.3, -0.25) is 4.90 Å². The van der Waals surface area contributed by atoms with Crippen LogP contribution in [0.2, 0.25) is 10.0 Å². The number of carbonyl (C=O) groups excluding carboxylic acids is 3. The van der Waals surface area contributed by atoms with Crippen LogP contribution in [0.1, 0.15) is 43.9 Å². The summed E-state index contributed by atoms with van der Waals surface area (Å²) in [4.78, 5) is 41.2. The van der Waals surface area contributed by atoms with Crippen LogP contribution < -0.4 is 16.0 Å². The average molecular weight is 582 g/mol. The maximum atomic E-state index is 13.5. The van der Waals surface area contributed by atoms with Gasteiger partial charge in [-0.25, -0.2) is 14.4 Å². The molecule has 4 rings (SSSR count). The van der Waals surface area contributed by atoms with E-state index < -0.39 is 18.0 Å². The van der Waals surface area contributed by atoms with Crippen LogP contribution in [0.15, 0.2) is 78.4 Å². The van der Waals surface area contributed by atoms with Gasteiger partial charge >= 0.3 is 18.0 Å². The molecule has 10 heteroatoms. The van der Waals surface area contributed by atoms with Crippen molar-refractivity contribution in [2.24, 2.45) is 0 Å². The fourth-order valence-corrected chi connectivity index (χ4v) is 4.89. The zero-order chi connectivity index (χ0) is 28.6. The molecule has 0 unspecified atom stereocenters. The molecule has 0 radical (unpaired) electrons. The summed E-state index contributed by atoms with van der Waals surface area (Å²) < 4.78 is 5.48. The van der Waals surface area contributed by atoms with E-state index in [1.165, 1.54) is 6.07 Å². The van der Waals surface area contributed by atoms with Crippen molar-refractivity contribution < 1.29 is 19.1 Å². The quantitative estimate of drug-likeness (QED) is 0.228. The van der Waals surface area contributed by atoms with Crippen molar-refractivity contribution in [1.82, 2.24) is 10.2 Å². The van der Waals surface area contributed by atoms with Crippen LogP contribution in [0.4, 0.5) is 21.0 Å². The third-order valence-electron chi connectivity index (χ3n) is 6.26. The van der Waals surface area contributed by atoms with Crippen LogP contribution >= 0.6 is 23.2 Å². The Hall–Kier alpha value is -4.01. The van der Waals surface area contributed by atoms with Gasteiger partial charge in [0.25, 0.3) is 0 Å². The molecule has 4 amide bonds. The molecule has 1 heterocycles. The number of anilines is 2. The smallest absolute Gasteiger partial charge is 0.338 e. The lowest BCUT2D eigenvalue weighted by molar-refractivity contribution is -0.138. The molecule has 0 saturated carbocycles. The highest BCUT2D eigenvalue weighted by Crippen LogP contribution is 2.37. The lowest BCUT2D eigenvalue weighted by atomic mass is 9.91. The van der Waals surface area contributed by atoms with Gasteiger partial charge in [0.1, 0.15) is 0 Å². The first-order valence-electron chi connectivity index (χ1n) is 13.0.